The Balaban J connectivity index is 1.71. The molecule has 1 aromatic rings. The van der Waals surface area contributed by atoms with Crippen molar-refractivity contribution in [3.8, 4) is 0 Å². The summed E-state index contributed by atoms with van der Waals surface area (Å²) >= 11 is 13.8. The summed E-state index contributed by atoms with van der Waals surface area (Å²) in [6, 6.07) is 1.86. The number of amides is 6. The summed E-state index contributed by atoms with van der Waals surface area (Å²) < 4.78 is 5.72. The lowest BCUT2D eigenvalue weighted by molar-refractivity contribution is -0.139. The van der Waals surface area contributed by atoms with Gasteiger partial charge in [0.25, 0.3) is 11.8 Å². The number of furan rings is 1. The predicted molar refractivity (Wildman–Crippen MR) is 112 cm³/mol. The van der Waals surface area contributed by atoms with E-state index in [2.05, 4.69) is 0 Å². The van der Waals surface area contributed by atoms with Crippen LogP contribution in [0.5, 0.6) is 0 Å². The van der Waals surface area contributed by atoms with Gasteiger partial charge in [-0.3, -0.25) is 24.1 Å². The zero-order chi connectivity index (χ0) is 24.0. The number of carbonyl (C=O) groups excluding carboxylic acids is 5. The summed E-state index contributed by atoms with van der Waals surface area (Å²) in [6.07, 6.45) is 1.61. The number of aliphatic hydroxyl groups excluding tert-OH is 1. The van der Waals surface area contributed by atoms with Crippen molar-refractivity contribution < 1.29 is 33.5 Å². The predicted octanol–water partition coefficient (Wildman–Crippen LogP) is 0.839. The number of fused-ring (bicyclic) bond motifs is 4. The molecular formula is C21H19Cl2N3O7. The highest BCUT2D eigenvalue weighted by atomic mass is 35.5. The fraction of sp³-hybridized carbons (Fsp3) is 0.476. The van der Waals surface area contributed by atoms with E-state index >= 15 is 0 Å². The fourth-order valence-corrected chi connectivity index (χ4v) is 6.91. The van der Waals surface area contributed by atoms with Crippen LogP contribution >= 0.6 is 23.2 Å². The van der Waals surface area contributed by atoms with Crippen LogP contribution in [-0.4, -0.2) is 61.4 Å². The normalized spacial score (nSPS) is 37.8. The van der Waals surface area contributed by atoms with Gasteiger partial charge in [-0.2, -0.15) is 4.90 Å². The van der Waals surface area contributed by atoms with Gasteiger partial charge in [-0.1, -0.05) is 11.6 Å². The molecule has 0 radical (unpaired) electrons. The van der Waals surface area contributed by atoms with E-state index in [-0.39, 0.29) is 24.4 Å². The summed E-state index contributed by atoms with van der Waals surface area (Å²) in [4.78, 5) is 61.4. The minimum absolute atomic E-state index is 0.106. The Kier molecular flexibility index (Phi) is 4.63. The number of halogens is 2. The molecule has 33 heavy (non-hydrogen) atoms. The van der Waals surface area contributed by atoms with Crippen LogP contribution in [0.2, 0.25) is 0 Å². The molecule has 5 rings (SSSR count). The number of likely N-dealkylation sites (tertiary alicyclic amines) is 2. The average molecular weight is 496 g/mol. The van der Waals surface area contributed by atoms with E-state index in [1.165, 1.54) is 19.2 Å². The van der Waals surface area contributed by atoms with E-state index in [0.29, 0.717) is 10.5 Å². The number of primary amides is 1. The minimum atomic E-state index is -1.96. The average Bonchev–Trinajstić information content (AvgIpc) is 3.38. The molecule has 2 aliphatic carbocycles. The summed E-state index contributed by atoms with van der Waals surface area (Å²) in [5.74, 6) is -6.20. The maximum atomic E-state index is 13.3. The Morgan fingerprint density at radius 2 is 1.88 bits per heavy atom. The standard InChI is InChI=1S/C21H19Cl2N3O7/c1-25-17(30)20(22)6-11-9(3-4-10-13(11)16(29)26(15(10)28)19(24)32)14(21(20,23)18(25)31)12-5-2-8(7-27)33-12/h2-3,5,10-11,13-14,27H,4,6-7H2,1H3,(H2,24,32). The quantitative estimate of drug-likeness (QED) is 0.350. The molecule has 2 aliphatic heterocycles. The second-order valence-corrected chi connectivity index (χ2v) is 10.1. The van der Waals surface area contributed by atoms with Gasteiger partial charge in [0.15, 0.2) is 9.75 Å². The second kappa shape index (κ2) is 6.91. The second-order valence-electron chi connectivity index (χ2n) is 8.81. The number of allylic oxidation sites excluding steroid dienone is 2. The van der Waals surface area contributed by atoms with Gasteiger partial charge in [-0.05, 0) is 30.9 Å². The van der Waals surface area contributed by atoms with Crippen LogP contribution in [0.4, 0.5) is 4.79 Å². The molecular weight excluding hydrogens is 477 g/mol. The van der Waals surface area contributed by atoms with E-state index in [9.17, 15) is 29.1 Å². The van der Waals surface area contributed by atoms with Crippen LogP contribution in [0.1, 0.15) is 30.3 Å². The largest absolute Gasteiger partial charge is 0.463 e. The number of hydrogen-bond acceptors (Lipinski definition) is 7. The van der Waals surface area contributed by atoms with Crippen molar-refractivity contribution in [1.29, 1.82) is 0 Å². The van der Waals surface area contributed by atoms with E-state index in [4.69, 9.17) is 33.4 Å². The number of nitrogens with two attached hydrogens (primary N) is 1. The Labute approximate surface area is 197 Å². The zero-order valence-electron chi connectivity index (χ0n) is 17.3. The van der Waals surface area contributed by atoms with E-state index in [1.807, 2.05) is 0 Å². The maximum absolute atomic E-state index is 13.3. The van der Waals surface area contributed by atoms with Gasteiger partial charge in [0.2, 0.25) is 11.8 Å². The lowest BCUT2D eigenvalue weighted by Crippen LogP contribution is -2.60. The molecule has 1 aromatic heterocycles. The monoisotopic (exact) mass is 495 g/mol. The van der Waals surface area contributed by atoms with Gasteiger partial charge >= 0.3 is 6.03 Å². The maximum Gasteiger partial charge on any atom is 0.328 e. The Morgan fingerprint density at radius 3 is 2.48 bits per heavy atom. The van der Waals surface area contributed by atoms with Crippen molar-refractivity contribution in [2.24, 2.45) is 23.5 Å². The van der Waals surface area contributed by atoms with Crippen molar-refractivity contribution in [3.05, 3.63) is 35.3 Å². The first-order chi connectivity index (χ1) is 15.5. The first-order valence-electron chi connectivity index (χ1n) is 10.3. The number of alkyl halides is 2. The van der Waals surface area contributed by atoms with Crippen LogP contribution < -0.4 is 5.73 Å². The number of nitrogens with zero attached hydrogens (tertiary/aromatic N) is 2. The van der Waals surface area contributed by atoms with Gasteiger partial charge in [0.05, 0.1) is 17.8 Å². The first-order valence-corrected chi connectivity index (χ1v) is 11.0. The molecule has 6 atom stereocenters. The molecule has 2 saturated heterocycles. The first kappa shape index (κ1) is 22.1. The van der Waals surface area contributed by atoms with E-state index in [0.717, 1.165) is 4.90 Å². The van der Waals surface area contributed by atoms with Gasteiger partial charge in [-0.15, -0.1) is 23.2 Å². The third-order valence-corrected chi connectivity index (χ3v) is 8.77. The molecule has 6 amide bonds. The molecule has 0 spiro atoms. The third kappa shape index (κ3) is 2.51. The van der Waals surface area contributed by atoms with Crippen LogP contribution in [0.3, 0.4) is 0 Å². The van der Waals surface area contributed by atoms with Gasteiger partial charge < -0.3 is 15.3 Å². The van der Waals surface area contributed by atoms with Crippen LogP contribution in [-0.2, 0) is 25.8 Å². The fourth-order valence-electron chi connectivity index (χ4n) is 5.91. The Morgan fingerprint density at radius 1 is 1.18 bits per heavy atom. The number of carbonyl (C=O) groups is 5. The molecule has 0 bridgehead atoms. The number of urea groups is 1. The Bertz CT molecular complexity index is 1180. The molecule has 3 N–H and O–H groups in total. The molecule has 6 unspecified atom stereocenters. The van der Waals surface area contributed by atoms with Gasteiger partial charge in [0, 0.05) is 7.05 Å². The summed E-state index contributed by atoms with van der Waals surface area (Å²) in [7, 11) is 1.27. The molecule has 1 saturated carbocycles. The summed E-state index contributed by atoms with van der Waals surface area (Å²) in [5, 5.41) is 9.46. The highest BCUT2D eigenvalue weighted by Gasteiger charge is 2.76. The highest BCUT2D eigenvalue weighted by molar-refractivity contribution is 6.53. The van der Waals surface area contributed by atoms with Crippen LogP contribution in [0.25, 0.3) is 0 Å². The number of hydrogen-bond donors (Lipinski definition) is 2. The van der Waals surface area contributed by atoms with Gasteiger partial charge in [-0.25, -0.2) is 4.79 Å². The van der Waals surface area contributed by atoms with Crippen molar-refractivity contribution in [2.75, 3.05) is 7.05 Å². The molecule has 174 valence electrons. The van der Waals surface area contributed by atoms with Crippen molar-refractivity contribution >= 4 is 52.9 Å². The number of imide groups is 4. The molecule has 3 heterocycles. The molecule has 0 aromatic carbocycles. The van der Waals surface area contributed by atoms with Crippen LogP contribution in [0.15, 0.2) is 28.2 Å². The van der Waals surface area contributed by atoms with E-state index in [1.54, 1.807) is 6.08 Å². The van der Waals surface area contributed by atoms with Crippen LogP contribution in [0, 0.1) is 17.8 Å². The molecule has 3 fully saturated rings. The summed E-state index contributed by atoms with van der Waals surface area (Å²) in [6.45, 7) is -0.408. The van der Waals surface area contributed by atoms with Gasteiger partial charge in [0.1, 0.15) is 18.1 Å². The topological polar surface area (TPSA) is 151 Å². The summed E-state index contributed by atoms with van der Waals surface area (Å²) in [5.41, 5.74) is 5.78. The van der Waals surface area contributed by atoms with Crippen molar-refractivity contribution in [3.63, 3.8) is 0 Å². The smallest absolute Gasteiger partial charge is 0.328 e. The number of rotatable bonds is 2. The van der Waals surface area contributed by atoms with E-state index < -0.39 is 69.7 Å². The van der Waals surface area contributed by atoms with Crippen molar-refractivity contribution in [2.45, 2.75) is 35.1 Å². The van der Waals surface area contributed by atoms with Crippen molar-refractivity contribution in [1.82, 2.24) is 9.80 Å². The molecule has 10 nitrogen and oxygen atoms in total. The molecule has 12 heteroatoms. The molecule has 4 aliphatic rings. The third-order valence-electron chi connectivity index (χ3n) is 7.36. The lowest BCUT2D eigenvalue weighted by atomic mass is 9.57. The number of aliphatic hydroxyl groups is 1. The zero-order valence-corrected chi connectivity index (χ0v) is 18.8. The highest BCUT2D eigenvalue weighted by Crippen LogP contribution is 2.65. The Hall–Kier alpha value is -2.69. The SMILES string of the molecule is CN1C(=O)C2(Cl)CC3C(=CCC4C(=O)N(C(N)=O)C(=O)C43)C(c3ccc(CO)o3)C2(Cl)C1=O. The lowest BCUT2D eigenvalue weighted by Gasteiger charge is -2.49. The minimum Gasteiger partial charge on any atom is -0.463 e.